The number of nitro benzene ring substituents is 1. The number of nitro groups is 1. The highest BCUT2D eigenvalue weighted by molar-refractivity contribution is 6.42. The lowest BCUT2D eigenvalue weighted by molar-refractivity contribution is -0.384. The van der Waals surface area contributed by atoms with Crippen LogP contribution in [-0.2, 0) is 0 Å². The van der Waals surface area contributed by atoms with Crippen molar-refractivity contribution in [1.29, 1.82) is 0 Å². The molecule has 0 bridgehead atoms. The second kappa shape index (κ2) is 7.17. The van der Waals surface area contributed by atoms with Crippen LogP contribution < -0.4 is 5.32 Å². The molecule has 0 saturated carbocycles. The number of carbonyl (C=O) groups excluding carboxylic acids is 1. The summed E-state index contributed by atoms with van der Waals surface area (Å²) < 4.78 is 0. The van der Waals surface area contributed by atoms with Gasteiger partial charge in [0, 0.05) is 12.1 Å². The standard InChI is InChI=1S/C15H11Cl3N2O3/c1-8(9-2-4-13(17)14(18)6-9)19-15(21)11-7-10(20(22)23)3-5-12(11)16/h2-8H,1H3,(H,19,21). The van der Waals surface area contributed by atoms with Gasteiger partial charge in [-0.2, -0.15) is 0 Å². The van der Waals surface area contributed by atoms with Crippen LogP contribution in [0.1, 0.15) is 28.9 Å². The lowest BCUT2D eigenvalue weighted by Gasteiger charge is -2.15. The smallest absolute Gasteiger partial charge is 0.270 e. The van der Waals surface area contributed by atoms with Gasteiger partial charge in [-0.15, -0.1) is 0 Å². The molecule has 2 rings (SSSR count). The Balaban J connectivity index is 2.22. The molecule has 0 aliphatic heterocycles. The van der Waals surface area contributed by atoms with Gasteiger partial charge in [0.1, 0.15) is 0 Å². The van der Waals surface area contributed by atoms with E-state index >= 15 is 0 Å². The number of halogens is 3. The third-order valence-electron chi connectivity index (χ3n) is 3.20. The Morgan fingerprint density at radius 3 is 2.35 bits per heavy atom. The van der Waals surface area contributed by atoms with Crippen molar-refractivity contribution in [2.75, 3.05) is 0 Å². The fraction of sp³-hybridized carbons (Fsp3) is 0.133. The topological polar surface area (TPSA) is 72.2 Å². The maximum absolute atomic E-state index is 12.3. The molecule has 1 N–H and O–H groups in total. The molecule has 1 unspecified atom stereocenters. The number of amides is 1. The Labute approximate surface area is 147 Å². The molecule has 0 aliphatic rings. The SMILES string of the molecule is CC(NC(=O)c1cc([N+](=O)[O-])ccc1Cl)c1ccc(Cl)c(Cl)c1. The molecule has 0 radical (unpaired) electrons. The van der Waals surface area contributed by atoms with Crippen LogP contribution in [0, 0.1) is 10.1 Å². The zero-order valence-corrected chi connectivity index (χ0v) is 14.1. The van der Waals surface area contributed by atoms with Crippen LogP contribution in [0.4, 0.5) is 5.69 Å². The summed E-state index contributed by atoms with van der Waals surface area (Å²) in [6.07, 6.45) is 0. The average molecular weight is 374 g/mol. The summed E-state index contributed by atoms with van der Waals surface area (Å²) in [5.74, 6) is -0.516. The highest BCUT2D eigenvalue weighted by atomic mass is 35.5. The number of carbonyl (C=O) groups is 1. The zero-order chi connectivity index (χ0) is 17.1. The van der Waals surface area contributed by atoms with E-state index in [2.05, 4.69) is 5.32 Å². The van der Waals surface area contributed by atoms with E-state index in [1.807, 2.05) is 0 Å². The van der Waals surface area contributed by atoms with Crippen molar-refractivity contribution >= 4 is 46.4 Å². The molecule has 23 heavy (non-hydrogen) atoms. The molecule has 0 fully saturated rings. The molecule has 2 aromatic carbocycles. The summed E-state index contributed by atoms with van der Waals surface area (Å²) in [5.41, 5.74) is 0.573. The van der Waals surface area contributed by atoms with Gasteiger partial charge in [0.15, 0.2) is 0 Å². The zero-order valence-electron chi connectivity index (χ0n) is 11.8. The van der Waals surface area contributed by atoms with E-state index in [0.717, 1.165) is 11.6 Å². The highest BCUT2D eigenvalue weighted by Gasteiger charge is 2.18. The minimum Gasteiger partial charge on any atom is -0.345 e. The van der Waals surface area contributed by atoms with E-state index in [0.29, 0.717) is 10.0 Å². The third-order valence-corrected chi connectivity index (χ3v) is 4.27. The minimum absolute atomic E-state index is 0.0350. The van der Waals surface area contributed by atoms with Crippen molar-refractivity contribution in [3.05, 3.63) is 72.7 Å². The van der Waals surface area contributed by atoms with Crippen molar-refractivity contribution in [3.63, 3.8) is 0 Å². The van der Waals surface area contributed by atoms with Crippen LogP contribution in [-0.4, -0.2) is 10.8 Å². The second-order valence-electron chi connectivity index (χ2n) is 4.79. The fourth-order valence-electron chi connectivity index (χ4n) is 1.94. The van der Waals surface area contributed by atoms with Gasteiger partial charge in [-0.1, -0.05) is 40.9 Å². The van der Waals surface area contributed by atoms with E-state index in [4.69, 9.17) is 34.8 Å². The summed E-state index contributed by atoms with van der Waals surface area (Å²) >= 11 is 17.8. The fourth-order valence-corrected chi connectivity index (χ4v) is 2.45. The quantitative estimate of drug-likeness (QED) is 0.602. The van der Waals surface area contributed by atoms with E-state index in [1.54, 1.807) is 25.1 Å². The first kappa shape index (κ1) is 17.5. The Morgan fingerprint density at radius 2 is 1.74 bits per heavy atom. The Kier molecular flexibility index (Phi) is 5.46. The molecule has 120 valence electrons. The van der Waals surface area contributed by atoms with Crippen LogP contribution in [0.5, 0.6) is 0 Å². The summed E-state index contributed by atoms with van der Waals surface area (Å²) in [6.45, 7) is 1.75. The van der Waals surface area contributed by atoms with Gasteiger partial charge >= 0.3 is 0 Å². The number of hydrogen-bond donors (Lipinski definition) is 1. The number of rotatable bonds is 4. The van der Waals surface area contributed by atoms with Crippen LogP contribution in [0.15, 0.2) is 36.4 Å². The van der Waals surface area contributed by atoms with Gasteiger partial charge in [-0.25, -0.2) is 0 Å². The van der Waals surface area contributed by atoms with Crippen molar-refractivity contribution in [1.82, 2.24) is 5.32 Å². The van der Waals surface area contributed by atoms with E-state index in [9.17, 15) is 14.9 Å². The molecule has 0 heterocycles. The molecular formula is C15H11Cl3N2O3. The normalized spacial score (nSPS) is 11.8. The Bertz CT molecular complexity index is 781. The number of benzene rings is 2. The van der Waals surface area contributed by atoms with Crippen LogP contribution in [0.25, 0.3) is 0 Å². The maximum atomic E-state index is 12.3. The molecule has 0 aromatic heterocycles. The minimum atomic E-state index is -0.588. The van der Waals surface area contributed by atoms with E-state index in [1.165, 1.54) is 12.1 Å². The van der Waals surface area contributed by atoms with Crippen LogP contribution >= 0.6 is 34.8 Å². The van der Waals surface area contributed by atoms with Crippen LogP contribution in [0.3, 0.4) is 0 Å². The average Bonchev–Trinajstić information content (AvgIpc) is 2.49. The summed E-state index contributed by atoms with van der Waals surface area (Å²) in [5, 5.41) is 14.4. The maximum Gasteiger partial charge on any atom is 0.270 e. The lowest BCUT2D eigenvalue weighted by Crippen LogP contribution is -2.27. The first-order chi connectivity index (χ1) is 10.8. The molecule has 0 saturated heterocycles. The van der Waals surface area contributed by atoms with Crippen molar-refractivity contribution in [2.45, 2.75) is 13.0 Å². The number of non-ortho nitro benzene ring substituents is 1. The second-order valence-corrected chi connectivity index (χ2v) is 6.01. The summed E-state index contributed by atoms with van der Waals surface area (Å²) in [6, 6.07) is 8.31. The van der Waals surface area contributed by atoms with Gasteiger partial charge in [0.2, 0.25) is 0 Å². The first-order valence-corrected chi connectivity index (χ1v) is 7.62. The molecule has 0 spiro atoms. The predicted molar refractivity (Wildman–Crippen MR) is 90.4 cm³/mol. The molecule has 8 heteroatoms. The molecule has 1 amide bonds. The lowest BCUT2D eigenvalue weighted by atomic mass is 10.1. The number of nitrogens with zero attached hydrogens (tertiary/aromatic N) is 1. The molecular weight excluding hydrogens is 363 g/mol. The Hall–Kier alpha value is -1.82. The highest BCUT2D eigenvalue weighted by Crippen LogP contribution is 2.27. The van der Waals surface area contributed by atoms with Gasteiger partial charge in [-0.3, -0.25) is 14.9 Å². The first-order valence-electron chi connectivity index (χ1n) is 6.49. The van der Waals surface area contributed by atoms with Gasteiger partial charge in [-0.05, 0) is 30.7 Å². The van der Waals surface area contributed by atoms with Crippen molar-refractivity contribution < 1.29 is 9.72 Å². The number of hydrogen-bond acceptors (Lipinski definition) is 3. The molecule has 2 aromatic rings. The molecule has 0 aliphatic carbocycles. The van der Waals surface area contributed by atoms with E-state index in [-0.39, 0.29) is 22.3 Å². The van der Waals surface area contributed by atoms with Gasteiger partial charge < -0.3 is 5.32 Å². The largest absolute Gasteiger partial charge is 0.345 e. The summed E-state index contributed by atoms with van der Waals surface area (Å²) in [7, 11) is 0. The van der Waals surface area contributed by atoms with Crippen molar-refractivity contribution in [3.8, 4) is 0 Å². The third kappa shape index (κ3) is 4.13. The Morgan fingerprint density at radius 1 is 1.09 bits per heavy atom. The van der Waals surface area contributed by atoms with Gasteiger partial charge in [0.05, 0.1) is 31.6 Å². The van der Waals surface area contributed by atoms with Gasteiger partial charge in [0.25, 0.3) is 11.6 Å². The number of nitrogens with one attached hydrogen (secondary N) is 1. The van der Waals surface area contributed by atoms with Crippen LogP contribution in [0.2, 0.25) is 15.1 Å². The molecule has 1 atom stereocenters. The summed E-state index contributed by atoms with van der Waals surface area (Å²) in [4.78, 5) is 22.5. The predicted octanol–water partition coefficient (Wildman–Crippen LogP) is 5.05. The van der Waals surface area contributed by atoms with E-state index < -0.39 is 10.8 Å². The molecule has 5 nitrogen and oxygen atoms in total. The van der Waals surface area contributed by atoms with Crippen molar-refractivity contribution in [2.24, 2.45) is 0 Å². The monoisotopic (exact) mass is 372 g/mol.